The molecule has 0 aliphatic heterocycles. The minimum atomic E-state index is -0.846. The van der Waals surface area contributed by atoms with Gasteiger partial charge in [0, 0.05) is 18.2 Å². The van der Waals surface area contributed by atoms with Crippen LogP contribution in [0.2, 0.25) is 0 Å². The zero-order valence-electron chi connectivity index (χ0n) is 14.3. The van der Waals surface area contributed by atoms with E-state index in [-0.39, 0.29) is 12.5 Å². The summed E-state index contributed by atoms with van der Waals surface area (Å²) in [6.45, 7) is 2.19. The van der Waals surface area contributed by atoms with Gasteiger partial charge in [-0.2, -0.15) is 0 Å². The van der Waals surface area contributed by atoms with Crippen LogP contribution in [0.4, 0.5) is 0 Å². The number of benzene rings is 1. The summed E-state index contributed by atoms with van der Waals surface area (Å²) < 4.78 is 16.1. The summed E-state index contributed by atoms with van der Waals surface area (Å²) in [7, 11) is 4.76. The van der Waals surface area contributed by atoms with Crippen LogP contribution in [0.1, 0.15) is 25.3 Å². The first kappa shape index (κ1) is 19.1. The van der Waals surface area contributed by atoms with Crippen LogP contribution in [0.15, 0.2) is 12.1 Å². The van der Waals surface area contributed by atoms with E-state index in [9.17, 15) is 9.90 Å². The minimum Gasteiger partial charge on any atom is -0.497 e. The maximum Gasteiger partial charge on any atom is 0.307 e. The summed E-state index contributed by atoms with van der Waals surface area (Å²) in [5.74, 6) is 0.753. The Kier molecular flexibility index (Phi) is 7.68. The Bertz CT molecular complexity index is 518. The Morgan fingerprint density at radius 2 is 1.91 bits per heavy atom. The molecule has 0 spiro atoms. The number of aliphatic carboxylic acids is 1. The third kappa shape index (κ3) is 5.03. The Morgan fingerprint density at radius 1 is 1.22 bits per heavy atom. The number of ether oxygens (including phenoxy) is 3. The lowest BCUT2D eigenvalue weighted by atomic mass is 9.87. The van der Waals surface area contributed by atoms with Crippen molar-refractivity contribution in [1.82, 2.24) is 0 Å². The summed E-state index contributed by atoms with van der Waals surface area (Å²) in [4.78, 5) is 11.2. The third-order valence-electron chi connectivity index (χ3n) is 4.10. The second kappa shape index (κ2) is 9.25. The highest BCUT2D eigenvalue weighted by atomic mass is 16.5. The minimum absolute atomic E-state index is 0.143. The van der Waals surface area contributed by atoms with E-state index in [1.54, 1.807) is 27.4 Å². The number of carboxylic acids is 1. The molecule has 6 heteroatoms. The molecule has 2 atom stereocenters. The van der Waals surface area contributed by atoms with Crippen molar-refractivity contribution < 1.29 is 24.1 Å². The highest BCUT2D eigenvalue weighted by Crippen LogP contribution is 2.37. The number of nitrogens with two attached hydrogens (primary N) is 1. The summed E-state index contributed by atoms with van der Waals surface area (Å²) in [6, 6.07) is 3.67. The fraction of sp³-hybridized carbons (Fsp3) is 0.588. The molecular formula is C17H27NO5. The Morgan fingerprint density at radius 3 is 2.35 bits per heavy atom. The lowest BCUT2D eigenvalue weighted by Gasteiger charge is -2.21. The van der Waals surface area contributed by atoms with Gasteiger partial charge in [0.05, 0.1) is 27.2 Å². The van der Waals surface area contributed by atoms with Gasteiger partial charge < -0.3 is 25.1 Å². The van der Waals surface area contributed by atoms with Crippen LogP contribution in [-0.2, 0) is 11.2 Å². The van der Waals surface area contributed by atoms with Crippen LogP contribution in [0.5, 0.6) is 17.2 Å². The van der Waals surface area contributed by atoms with E-state index in [4.69, 9.17) is 19.9 Å². The van der Waals surface area contributed by atoms with Crippen molar-refractivity contribution in [2.75, 3.05) is 27.9 Å². The van der Waals surface area contributed by atoms with Crippen LogP contribution >= 0.6 is 0 Å². The average Bonchev–Trinajstić information content (AvgIpc) is 2.56. The molecular weight excluding hydrogens is 298 g/mol. The molecule has 1 aromatic rings. The molecule has 0 radical (unpaired) electrons. The second-order valence-electron chi connectivity index (χ2n) is 5.51. The van der Waals surface area contributed by atoms with E-state index in [0.29, 0.717) is 30.1 Å². The fourth-order valence-electron chi connectivity index (χ4n) is 2.69. The van der Waals surface area contributed by atoms with Crippen molar-refractivity contribution in [2.24, 2.45) is 17.6 Å². The molecule has 0 aromatic heterocycles. The molecule has 0 heterocycles. The zero-order chi connectivity index (χ0) is 17.4. The largest absolute Gasteiger partial charge is 0.497 e. The standard InChI is InChI=1S/C17H27NO5/c1-5-11(7-13(10-18)17(19)20)6-12-8-14(21-2)9-15(22-3)16(12)23-4/h8-9,11,13H,5-7,10,18H2,1-4H3,(H,19,20). The molecule has 23 heavy (non-hydrogen) atoms. The van der Waals surface area contributed by atoms with Gasteiger partial charge in [-0.1, -0.05) is 13.3 Å². The van der Waals surface area contributed by atoms with E-state index in [1.807, 2.05) is 13.0 Å². The fourth-order valence-corrected chi connectivity index (χ4v) is 2.69. The zero-order valence-corrected chi connectivity index (χ0v) is 14.3. The topological polar surface area (TPSA) is 91.0 Å². The molecule has 3 N–H and O–H groups in total. The second-order valence-corrected chi connectivity index (χ2v) is 5.51. The molecule has 2 unspecified atom stereocenters. The van der Waals surface area contributed by atoms with Crippen molar-refractivity contribution in [3.05, 3.63) is 17.7 Å². The summed E-state index contributed by atoms with van der Waals surface area (Å²) >= 11 is 0. The SMILES string of the molecule is CCC(Cc1cc(OC)cc(OC)c1OC)CC(CN)C(=O)O. The highest BCUT2D eigenvalue weighted by molar-refractivity contribution is 5.70. The van der Waals surface area contributed by atoms with Crippen molar-refractivity contribution >= 4 is 5.97 Å². The lowest BCUT2D eigenvalue weighted by Crippen LogP contribution is -2.26. The van der Waals surface area contributed by atoms with Gasteiger partial charge in [-0.05, 0) is 24.8 Å². The van der Waals surface area contributed by atoms with Crippen molar-refractivity contribution in [3.8, 4) is 17.2 Å². The maximum absolute atomic E-state index is 11.2. The smallest absolute Gasteiger partial charge is 0.307 e. The van der Waals surface area contributed by atoms with Crippen LogP contribution in [0, 0.1) is 11.8 Å². The van der Waals surface area contributed by atoms with Gasteiger partial charge in [-0.25, -0.2) is 0 Å². The number of rotatable bonds is 10. The number of methoxy groups -OCH3 is 3. The Balaban J connectivity index is 3.06. The Hall–Kier alpha value is -1.95. The molecule has 0 bridgehead atoms. The normalized spacial score (nSPS) is 13.3. The molecule has 0 aliphatic rings. The molecule has 1 aromatic carbocycles. The van der Waals surface area contributed by atoms with Crippen molar-refractivity contribution in [2.45, 2.75) is 26.2 Å². The third-order valence-corrected chi connectivity index (χ3v) is 4.10. The van der Waals surface area contributed by atoms with E-state index in [0.717, 1.165) is 12.0 Å². The van der Waals surface area contributed by atoms with Gasteiger partial charge in [-0.15, -0.1) is 0 Å². The predicted octanol–water partition coefficient (Wildman–Crippen LogP) is 2.33. The van der Waals surface area contributed by atoms with E-state index < -0.39 is 11.9 Å². The van der Waals surface area contributed by atoms with Gasteiger partial charge >= 0.3 is 5.97 Å². The maximum atomic E-state index is 11.2. The molecule has 130 valence electrons. The monoisotopic (exact) mass is 325 g/mol. The van der Waals surface area contributed by atoms with E-state index >= 15 is 0 Å². The van der Waals surface area contributed by atoms with Crippen LogP contribution < -0.4 is 19.9 Å². The first-order valence-electron chi connectivity index (χ1n) is 7.72. The molecule has 0 amide bonds. The summed E-state index contributed by atoms with van der Waals surface area (Å²) in [5.41, 5.74) is 6.51. The van der Waals surface area contributed by atoms with Gasteiger partial charge in [-0.3, -0.25) is 4.79 Å². The number of hydrogen-bond acceptors (Lipinski definition) is 5. The number of carboxylic acid groups (broad SMARTS) is 1. The molecule has 0 aliphatic carbocycles. The van der Waals surface area contributed by atoms with Crippen LogP contribution in [0.25, 0.3) is 0 Å². The van der Waals surface area contributed by atoms with Crippen molar-refractivity contribution in [3.63, 3.8) is 0 Å². The average molecular weight is 325 g/mol. The van der Waals surface area contributed by atoms with Crippen LogP contribution in [-0.4, -0.2) is 38.9 Å². The predicted molar refractivity (Wildman–Crippen MR) is 88.4 cm³/mol. The first-order valence-corrected chi connectivity index (χ1v) is 7.72. The number of hydrogen-bond donors (Lipinski definition) is 2. The first-order chi connectivity index (χ1) is 11.0. The quantitative estimate of drug-likeness (QED) is 0.686. The molecule has 6 nitrogen and oxygen atoms in total. The molecule has 0 saturated heterocycles. The molecule has 1 rings (SSSR count). The van der Waals surface area contributed by atoms with Gasteiger partial charge in [0.25, 0.3) is 0 Å². The van der Waals surface area contributed by atoms with Crippen molar-refractivity contribution in [1.29, 1.82) is 0 Å². The van der Waals surface area contributed by atoms with Gasteiger partial charge in [0.2, 0.25) is 0 Å². The van der Waals surface area contributed by atoms with Gasteiger partial charge in [0.15, 0.2) is 11.5 Å². The van der Waals surface area contributed by atoms with Crippen LogP contribution in [0.3, 0.4) is 0 Å². The summed E-state index contributed by atoms with van der Waals surface area (Å²) in [6.07, 6.45) is 2.06. The molecule has 0 saturated carbocycles. The Labute approximate surface area is 137 Å². The van der Waals surface area contributed by atoms with Gasteiger partial charge in [0.1, 0.15) is 5.75 Å². The lowest BCUT2D eigenvalue weighted by molar-refractivity contribution is -0.142. The van der Waals surface area contributed by atoms with E-state index in [1.165, 1.54) is 0 Å². The summed E-state index contributed by atoms with van der Waals surface area (Å²) in [5, 5.41) is 9.20. The molecule has 0 fully saturated rings. The highest BCUT2D eigenvalue weighted by Gasteiger charge is 2.23. The van der Waals surface area contributed by atoms with E-state index in [2.05, 4.69) is 0 Å². The number of carbonyl (C=O) groups is 1.